The molecular weight excluding hydrogens is 288 g/mol. The van der Waals surface area contributed by atoms with Gasteiger partial charge in [0, 0.05) is 32.5 Å². The molecule has 2 heterocycles. The lowest BCUT2D eigenvalue weighted by Crippen LogP contribution is -2.33. The second-order valence-corrected chi connectivity index (χ2v) is 5.84. The summed E-state index contributed by atoms with van der Waals surface area (Å²) in [6.45, 7) is 3.44. The molecule has 1 aromatic rings. The third-order valence-corrected chi connectivity index (χ3v) is 4.31. The highest BCUT2D eigenvalue weighted by molar-refractivity contribution is 7.14. The van der Waals surface area contributed by atoms with Crippen molar-refractivity contribution in [3.8, 4) is 11.8 Å². The van der Waals surface area contributed by atoms with Gasteiger partial charge in [-0.3, -0.25) is 9.59 Å². The first kappa shape index (κ1) is 15.5. The molecule has 21 heavy (non-hydrogen) atoms. The number of hydrogen-bond donors (Lipinski definition) is 2. The number of nitrogens with zero attached hydrogens (tertiary/aromatic N) is 1. The summed E-state index contributed by atoms with van der Waals surface area (Å²) < 4.78 is 0. The molecule has 0 bridgehead atoms. The molecule has 0 radical (unpaired) electrons. The van der Waals surface area contributed by atoms with E-state index < -0.39 is 0 Å². The van der Waals surface area contributed by atoms with Crippen LogP contribution in [-0.4, -0.2) is 48.1 Å². The predicted octanol–water partition coefficient (Wildman–Crippen LogP) is 0.753. The second kappa shape index (κ2) is 7.25. The van der Waals surface area contributed by atoms with E-state index in [2.05, 4.69) is 17.2 Å². The molecule has 0 unspecified atom stereocenters. The maximum Gasteiger partial charge on any atom is 0.264 e. The third kappa shape index (κ3) is 4.06. The number of hydrogen-bond acceptors (Lipinski definition) is 4. The molecule has 5 nitrogen and oxygen atoms in total. The summed E-state index contributed by atoms with van der Waals surface area (Å²) in [5.41, 5.74) is 0.970. The Bertz CT molecular complexity index is 598. The minimum absolute atomic E-state index is 0.0109. The van der Waals surface area contributed by atoms with Crippen molar-refractivity contribution < 1.29 is 14.7 Å². The van der Waals surface area contributed by atoms with Crippen LogP contribution in [0.2, 0.25) is 0 Å². The fourth-order valence-corrected chi connectivity index (χ4v) is 3.05. The normalized spacial score (nSPS) is 15.0. The van der Waals surface area contributed by atoms with Crippen molar-refractivity contribution in [3.05, 3.63) is 21.4 Å². The molecule has 0 spiro atoms. The number of carbonyl (C=O) groups is 2. The van der Waals surface area contributed by atoms with E-state index in [0.717, 1.165) is 10.4 Å². The van der Waals surface area contributed by atoms with Crippen LogP contribution in [0.3, 0.4) is 0 Å². The molecular formula is C15H18N2O3S. The molecule has 1 fully saturated rings. The predicted molar refractivity (Wildman–Crippen MR) is 81.2 cm³/mol. The van der Waals surface area contributed by atoms with Gasteiger partial charge >= 0.3 is 0 Å². The number of thiophene rings is 1. The molecule has 1 saturated heterocycles. The molecule has 0 aliphatic carbocycles. The van der Waals surface area contributed by atoms with Crippen LogP contribution in [0.5, 0.6) is 0 Å². The van der Waals surface area contributed by atoms with E-state index in [-0.39, 0.29) is 18.4 Å². The average Bonchev–Trinajstić information content (AvgIpc) is 2.69. The lowest BCUT2D eigenvalue weighted by Gasteiger charge is -2.18. The third-order valence-electron chi connectivity index (χ3n) is 3.17. The van der Waals surface area contributed by atoms with Gasteiger partial charge in [0.1, 0.15) is 0 Å². The number of aryl methyl sites for hydroxylation is 1. The van der Waals surface area contributed by atoms with Gasteiger partial charge in [0.05, 0.1) is 16.4 Å². The highest BCUT2D eigenvalue weighted by Crippen LogP contribution is 2.22. The molecule has 2 amide bonds. The molecule has 0 saturated carbocycles. The quantitative estimate of drug-likeness (QED) is 0.792. The van der Waals surface area contributed by atoms with Gasteiger partial charge in [-0.2, -0.15) is 0 Å². The van der Waals surface area contributed by atoms with Crippen LogP contribution in [0, 0.1) is 18.8 Å². The molecule has 112 valence electrons. The average molecular weight is 306 g/mol. The Labute approximate surface area is 128 Å². The van der Waals surface area contributed by atoms with E-state index in [1.54, 1.807) is 4.90 Å². The molecule has 2 rings (SSSR count). The van der Waals surface area contributed by atoms with Crippen LogP contribution in [0.1, 0.15) is 33.0 Å². The van der Waals surface area contributed by atoms with Crippen molar-refractivity contribution in [1.82, 2.24) is 10.2 Å². The number of nitrogens with one attached hydrogen (secondary N) is 1. The molecule has 1 aliphatic heterocycles. The maximum atomic E-state index is 12.5. The van der Waals surface area contributed by atoms with Gasteiger partial charge in [-0.15, -0.1) is 11.3 Å². The standard InChI is InChI=1S/C15H18N2O3S/c1-11-10-13(21-12(11)4-2-3-9-18)15(20)17-7-5-14(19)16-6-8-17/h10,18H,3,5-9H2,1H3,(H,16,19). The van der Waals surface area contributed by atoms with E-state index in [0.29, 0.717) is 37.4 Å². The number of rotatable bonds is 2. The molecule has 1 aliphatic rings. The highest BCUT2D eigenvalue weighted by Gasteiger charge is 2.21. The first-order chi connectivity index (χ1) is 10.1. The van der Waals surface area contributed by atoms with Crippen LogP contribution in [0.25, 0.3) is 0 Å². The minimum Gasteiger partial charge on any atom is -0.395 e. The van der Waals surface area contributed by atoms with E-state index in [1.807, 2.05) is 13.0 Å². The molecule has 6 heteroatoms. The molecule has 2 N–H and O–H groups in total. The number of aliphatic hydroxyl groups excluding tert-OH is 1. The Morgan fingerprint density at radius 3 is 3.10 bits per heavy atom. The summed E-state index contributed by atoms with van der Waals surface area (Å²) in [6.07, 6.45) is 0.778. The van der Waals surface area contributed by atoms with Crippen LogP contribution in [-0.2, 0) is 4.79 Å². The number of amides is 2. The Kier molecular flexibility index (Phi) is 5.37. The van der Waals surface area contributed by atoms with Gasteiger partial charge in [0.15, 0.2) is 0 Å². The zero-order chi connectivity index (χ0) is 15.2. The van der Waals surface area contributed by atoms with E-state index in [9.17, 15) is 9.59 Å². The zero-order valence-corrected chi connectivity index (χ0v) is 12.8. The SMILES string of the molecule is Cc1cc(C(=O)N2CCNC(=O)CC2)sc1C#CCCO. The van der Waals surface area contributed by atoms with Crippen molar-refractivity contribution in [2.24, 2.45) is 0 Å². The zero-order valence-electron chi connectivity index (χ0n) is 11.9. The van der Waals surface area contributed by atoms with Crippen molar-refractivity contribution in [3.63, 3.8) is 0 Å². The first-order valence-corrected chi connectivity index (χ1v) is 7.69. The van der Waals surface area contributed by atoms with Gasteiger partial charge < -0.3 is 15.3 Å². The summed E-state index contributed by atoms with van der Waals surface area (Å²) in [4.78, 5) is 27.0. The summed E-state index contributed by atoms with van der Waals surface area (Å²) in [7, 11) is 0. The van der Waals surface area contributed by atoms with E-state index in [1.165, 1.54) is 11.3 Å². The molecule has 0 atom stereocenters. The monoisotopic (exact) mass is 306 g/mol. The molecule has 1 aromatic heterocycles. The Balaban J connectivity index is 2.11. The fraction of sp³-hybridized carbons (Fsp3) is 0.467. The van der Waals surface area contributed by atoms with Gasteiger partial charge in [-0.05, 0) is 18.6 Å². The van der Waals surface area contributed by atoms with Crippen molar-refractivity contribution in [2.45, 2.75) is 19.8 Å². The van der Waals surface area contributed by atoms with Crippen molar-refractivity contribution in [2.75, 3.05) is 26.2 Å². The van der Waals surface area contributed by atoms with E-state index >= 15 is 0 Å². The maximum absolute atomic E-state index is 12.5. The summed E-state index contributed by atoms with van der Waals surface area (Å²) in [5, 5.41) is 11.5. The summed E-state index contributed by atoms with van der Waals surface area (Å²) in [5.74, 6) is 5.80. The summed E-state index contributed by atoms with van der Waals surface area (Å²) >= 11 is 1.37. The van der Waals surface area contributed by atoms with Gasteiger partial charge in [-0.1, -0.05) is 11.8 Å². The Morgan fingerprint density at radius 1 is 1.52 bits per heavy atom. The largest absolute Gasteiger partial charge is 0.395 e. The van der Waals surface area contributed by atoms with Gasteiger partial charge in [-0.25, -0.2) is 0 Å². The second-order valence-electron chi connectivity index (χ2n) is 4.79. The van der Waals surface area contributed by atoms with Crippen LogP contribution in [0.4, 0.5) is 0 Å². The van der Waals surface area contributed by atoms with Crippen LogP contribution < -0.4 is 5.32 Å². The summed E-state index contributed by atoms with van der Waals surface area (Å²) in [6, 6.07) is 1.84. The lowest BCUT2D eigenvalue weighted by molar-refractivity contribution is -0.120. The van der Waals surface area contributed by atoms with Gasteiger partial charge in [0.25, 0.3) is 5.91 Å². The van der Waals surface area contributed by atoms with Gasteiger partial charge in [0.2, 0.25) is 5.91 Å². The number of aliphatic hydroxyl groups is 1. The van der Waals surface area contributed by atoms with Crippen LogP contribution >= 0.6 is 11.3 Å². The Hall–Kier alpha value is -1.84. The minimum atomic E-state index is -0.0465. The number of carbonyl (C=O) groups excluding carboxylic acids is 2. The highest BCUT2D eigenvalue weighted by atomic mass is 32.1. The Morgan fingerprint density at radius 2 is 2.33 bits per heavy atom. The lowest BCUT2D eigenvalue weighted by atomic mass is 10.2. The fourth-order valence-electron chi connectivity index (χ4n) is 2.04. The smallest absolute Gasteiger partial charge is 0.264 e. The topological polar surface area (TPSA) is 69.6 Å². The molecule has 0 aromatic carbocycles. The van der Waals surface area contributed by atoms with Crippen molar-refractivity contribution in [1.29, 1.82) is 0 Å². The van der Waals surface area contributed by atoms with Crippen LogP contribution in [0.15, 0.2) is 6.07 Å². The first-order valence-electron chi connectivity index (χ1n) is 6.88. The van der Waals surface area contributed by atoms with Crippen molar-refractivity contribution >= 4 is 23.2 Å². The van der Waals surface area contributed by atoms with E-state index in [4.69, 9.17) is 5.11 Å².